The van der Waals surface area contributed by atoms with Crippen LogP contribution in [0.4, 0.5) is 0 Å². The molecule has 2 aromatic heterocycles. The fourth-order valence-corrected chi connectivity index (χ4v) is 17.8. The highest BCUT2D eigenvalue weighted by atomic mass is 32.2. The summed E-state index contributed by atoms with van der Waals surface area (Å²) in [4.78, 5) is 271. The predicted molar refractivity (Wildman–Crippen MR) is 504 cm³/mol. The zero-order valence-corrected chi connectivity index (χ0v) is 79.2. The third-order valence-corrected chi connectivity index (χ3v) is 25.4. The molecule has 0 radical (unpaired) electrons. The van der Waals surface area contributed by atoms with Crippen LogP contribution < -0.4 is 87.2 Å². The number of hydrogen-bond donors (Lipinski definition) is 21. The van der Waals surface area contributed by atoms with E-state index in [1.165, 1.54) is 63.1 Å². The number of aliphatic hydroxyl groups is 1. The predicted octanol–water partition coefficient (Wildman–Crippen LogP) is -4.02. The van der Waals surface area contributed by atoms with Crippen LogP contribution >= 0.6 is 11.8 Å². The van der Waals surface area contributed by atoms with Crippen LogP contribution in [0.25, 0.3) is 21.8 Å². The van der Waals surface area contributed by atoms with Crippen molar-refractivity contribution < 1.29 is 102 Å². The number of fused-ring (bicyclic) bond motifs is 4. The number of nitrogens with one attached hydrogen (secondary N) is 13. The lowest BCUT2D eigenvalue weighted by Crippen LogP contribution is -2.62. The number of phenols is 1. The second-order valence-electron chi connectivity index (χ2n) is 35.2. The number of likely N-dealkylation sites (N-methyl/N-ethyl adjacent to an activating group) is 3. The van der Waals surface area contributed by atoms with Crippen LogP contribution in [0.5, 0.6) is 5.75 Å². The second-order valence-corrected chi connectivity index (χ2v) is 36.2. The van der Waals surface area contributed by atoms with Gasteiger partial charge in [-0.1, -0.05) is 102 Å². The number of H-pyrrole nitrogens is 1. The summed E-state index contributed by atoms with van der Waals surface area (Å²) in [5.74, 6) is -19.5. The van der Waals surface area contributed by atoms with Gasteiger partial charge < -0.3 is 137 Å². The molecule has 748 valence electrons. The molecule has 137 heavy (non-hydrogen) atoms. The molecular weight excluding hydrogens is 1800 g/mol. The number of para-hydroxylation sites is 2. The molecule has 3 aliphatic rings. The first-order valence-electron chi connectivity index (χ1n) is 45.9. The van der Waals surface area contributed by atoms with E-state index in [4.69, 9.17) is 34.1 Å². The van der Waals surface area contributed by atoms with Crippen molar-refractivity contribution >= 4 is 146 Å². The van der Waals surface area contributed by atoms with Gasteiger partial charge in [-0.15, -0.1) is 11.8 Å². The van der Waals surface area contributed by atoms with Crippen LogP contribution in [0.1, 0.15) is 141 Å². The smallest absolute Gasteiger partial charge is 0.323 e. The monoisotopic (exact) mass is 1930 g/mol. The number of carboxylic acids is 1. The van der Waals surface area contributed by atoms with Gasteiger partial charge in [-0.05, 0) is 112 Å². The molecule has 5 aromatic rings. The van der Waals surface area contributed by atoms with E-state index in [-0.39, 0.29) is 95.5 Å². The summed E-state index contributed by atoms with van der Waals surface area (Å²) in [6.07, 6.45) is 0.445. The van der Waals surface area contributed by atoms with E-state index in [0.717, 1.165) is 36.3 Å². The minimum Gasteiger partial charge on any atom is -0.508 e. The first-order chi connectivity index (χ1) is 65.1. The minimum atomic E-state index is -1.78. The normalized spacial score (nSPS) is 24.6. The van der Waals surface area contributed by atoms with Crippen molar-refractivity contribution in [3.63, 3.8) is 0 Å². The molecule has 0 spiro atoms. The molecule has 3 fully saturated rings. The Bertz CT molecular complexity index is 5170. The Morgan fingerprint density at radius 3 is 1.77 bits per heavy atom. The van der Waals surface area contributed by atoms with Gasteiger partial charge in [0.15, 0.2) is 5.96 Å². The van der Waals surface area contributed by atoms with Crippen molar-refractivity contribution in [2.45, 2.75) is 241 Å². The summed E-state index contributed by atoms with van der Waals surface area (Å²) in [5.41, 5.74) is 31.5. The van der Waals surface area contributed by atoms with Gasteiger partial charge in [0.25, 0.3) is 0 Å². The Labute approximate surface area is 796 Å². The van der Waals surface area contributed by atoms with Crippen molar-refractivity contribution in [2.24, 2.45) is 34.6 Å². The highest BCUT2D eigenvalue weighted by Crippen LogP contribution is 2.29. The first kappa shape index (κ1) is 109. The number of thioether (sulfide) groups is 1. The Hall–Kier alpha value is -13.5. The van der Waals surface area contributed by atoms with Crippen LogP contribution in [-0.2, 0) is 112 Å². The largest absolute Gasteiger partial charge is 0.508 e. The van der Waals surface area contributed by atoms with Gasteiger partial charge >= 0.3 is 5.97 Å². The molecule has 3 saturated heterocycles. The number of phenolic OH excluding ortho intramolecular Hbond substituents is 1. The Balaban J connectivity index is 1.22. The summed E-state index contributed by atoms with van der Waals surface area (Å²) in [6, 6.07) is -2.72. The Kier molecular flexibility index (Phi) is 41.3. The van der Waals surface area contributed by atoms with Gasteiger partial charge in [0, 0.05) is 113 Å². The highest BCUT2D eigenvalue weighted by Gasteiger charge is 2.47. The van der Waals surface area contributed by atoms with Crippen molar-refractivity contribution in [2.75, 3.05) is 71.9 Å². The fourth-order valence-electron chi connectivity index (χ4n) is 16.9. The number of aromatic amines is 1. The number of guanidine groups is 1. The van der Waals surface area contributed by atoms with Gasteiger partial charge in [0.1, 0.15) is 96.9 Å². The maximum atomic E-state index is 16.0. The fraction of sp³-hybridized carbons (Fsp3) is 0.549. The van der Waals surface area contributed by atoms with Crippen LogP contribution in [0.2, 0.25) is 0 Å². The average Bonchev–Trinajstić information content (AvgIpc) is 1.64. The van der Waals surface area contributed by atoms with E-state index < -0.39 is 260 Å². The third-order valence-electron chi connectivity index (χ3n) is 24.4. The number of carboxylic acid groups (broad SMARTS) is 1. The number of rotatable bonds is 28. The summed E-state index contributed by atoms with van der Waals surface area (Å²) < 4.78 is 1.43. The molecule has 26 N–H and O–H groups in total. The molecule has 0 aliphatic carbocycles. The molecule has 15 atom stereocenters. The van der Waals surface area contributed by atoms with E-state index in [2.05, 4.69) is 63.5 Å². The number of unbranched alkanes of at least 4 members (excludes halogenated alkanes) is 2. The number of aliphatic carboxylic acids is 1. The highest BCUT2D eigenvalue weighted by molar-refractivity contribution is 8.00. The van der Waals surface area contributed by atoms with Crippen molar-refractivity contribution in [3.8, 4) is 5.75 Å². The standard InChI is InChI=1S/C91H132N24O21S/c1-9-11-23-69-83(129)103-59(22-17-33-98-91(96)97)79(125)109-67(78(124)100-43-74(95)119)47-137-48-75(120)101-63(36-51-27-29-54(116)30-28-51)86(132)110(6)50(5)77(123)105-65(40-73(94)118)88(134)114-34-18-26-70(114)84(130)108-66(41-93)82(128)106-62(35-49(3)4)89(135)115-45-55(117)39-72(115)85(131)104-61(37-52-42-99-58-21-15-13-19-56(52)58)81(127)102-60(31-32-92)80(126)107-64(87(133)112(8)71(24-12-10-2)90(136)111(69)7)38-53-44-113(46-76(121)122)68-25-16-14-20-57(53)68/h13-16,19-21,25,27-30,42,44,49-50,55,59-67,69-72,99,116-117H,9-12,17-18,22-24,26,31-41,43,45-48,92-93H2,1-8H3,(H2,94,118)(H2,95,119)(H,100,124)(H,101,120)(H,102,127)(H,103,129)(H,104,131)(H,105,123)(H,106,128)(H,107,126)(H,108,130)(H,109,125)(H,121,122)(H4,96,97,98)/t50-,55+,59-,60-,61-,62-,63-,64-,65+,66-,67-,69-,70-,71-,72-/m0/s1. The quantitative estimate of drug-likeness (QED) is 0.0129. The summed E-state index contributed by atoms with van der Waals surface area (Å²) in [6.45, 7) is 5.57. The van der Waals surface area contributed by atoms with E-state index in [1.54, 1.807) is 68.6 Å². The number of amides is 17. The Morgan fingerprint density at radius 2 is 1.12 bits per heavy atom. The number of nitrogens with two attached hydrogens (primary N) is 5. The summed E-state index contributed by atoms with van der Waals surface area (Å²) >= 11 is 0.748. The number of aromatic nitrogens is 2. The first-order valence-corrected chi connectivity index (χ1v) is 47.1. The molecule has 0 unspecified atom stereocenters. The maximum absolute atomic E-state index is 16.0. The number of aliphatic hydroxyl groups excluding tert-OH is 1. The van der Waals surface area contributed by atoms with E-state index in [1.807, 2.05) is 13.8 Å². The minimum absolute atomic E-state index is 0.0154. The molecule has 46 heteroatoms. The van der Waals surface area contributed by atoms with Gasteiger partial charge in [-0.25, -0.2) is 0 Å². The van der Waals surface area contributed by atoms with Gasteiger partial charge in [-0.3, -0.25) is 91.7 Å². The van der Waals surface area contributed by atoms with Crippen molar-refractivity contribution in [1.29, 1.82) is 5.41 Å². The van der Waals surface area contributed by atoms with Gasteiger partial charge in [0.2, 0.25) is 100 Å². The second kappa shape index (κ2) is 52.0. The molecule has 8 rings (SSSR count). The summed E-state index contributed by atoms with van der Waals surface area (Å²) in [7, 11) is 3.85. The van der Waals surface area contributed by atoms with Crippen LogP contribution in [0, 0.1) is 11.3 Å². The maximum Gasteiger partial charge on any atom is 0.323 e. The van der Waals surface area contributed by atoms with Crippen LogP contribution in [-0.4, -0.2) is 324 Å². The van der Waals surface area contributed by atoms with E-state index >= 15 is 33.6 Å². The molecular formula is C91H132N24O21S. The SMILES string of the molecule is CCCC[C@H]1C(=O)N(C)[C@@H](CCCC)C(=O)N[C@@H](CCCNC(=N)N)C(=O)N[C@H](C(=O)NCC(N)=O)CSCC(=O)N[C@@H](Cc2ccc(O)cc2)C(=O)N(C)[C@@H](C)C(=O)N[C@H](CC(N)=O)C(=O)N2CCC[C@H]2C(=O)N[C@@H](CN)C(=O)N[C@@H](CC(C)C)C(=O)N2C[C@H](O)C[C@H]2C(=O)N[C@@H](Cc2c[nH]c3ccccc23)C(=O)N[C@@H](CCN)C(=O)N[C@@H](Cc2cn(CC(=O)O)c3ccccc23)C(=O)N1C. The molecule has 3 aliphatic heterocycles. The number of carbonyl (C=O) groups excluding carboxylic acids is 17. The number of hydrogen-bond acceptors (Lipinski definition) is 24. The topological polar surface area (TPSA) is 691 Å². The average molecular weight is 1930 g/mol. The number of primary amides is 2. The number of benzene rings is 3. The number of carbonyl (C=O) groups is 18. The van der Waals surface area contributed by atoms with Crippen molar-refractivity contribution in [3.05, 3.63) is 102 Å². The van der Waals surface area contributed by atoms with Crippen LogP contribution in [0.15, 0.2) is 85.2 Å². The summed E-state index contributed by atoms with van der Waals surface area (Å²) in [5, 5.41) is 69.7. The number of aromatic hydroxyl groups is 1. The number of nitrogens with zero attached hydrogens (tertiary/aromatic N) is 6. The third kappa shape index (κ3) is 30.8. The van der Waals surface area contributed by atoms with Crippen LogP contribution in [0.3, 0.4) is 0 Å². The van der Waals surface area contributed by atoms with E-state index in [9.17, 15) is 68.1 Å². The lowest BCUT2D eigenvalue weighted by atomic mass is 9.99. The Morgan fingerprint density at radius 1 is 0.562 bits per heavy atom. The molecule has 5 heterocycles. The zero-order chi connectivity index (χ0) is 101. The molecule has 17 amide bonds. The molecule has 0 bridgehead atoms. The molecule has 3 aromatic carbocycles. The van der Waals surface area contributed by atoms with Crippen molar-refractivity contribution in [1.82, 2.24) is 92.5 Å². The molecule has 45 nitrogen and oxygen atoms in total. The van der Waals surface area contributed by atoms with E-state index in [0.29, 0.717) is 64.2 Å². The molecule has 0 saturated carbocycles. The zero-order valence-electron chi connectivity index (χ0n) is 78.4. The lowest BCUT2D eigenvalue weighted by Gasteiger charge is -2.36. The lowest BCUT2D eigenvalue weighted by molar-refractivity contribution is -0.149. The van der Waals surface area contributed by atoms with Gasteiger partial charge in [-0.2, -0.15) is 0 Å². The van der Waals surface area contributed by atoms with Gasteiger partial charge in [0.05, 0.1) is 24.8 Å².